The highest BCUT2D eigenvalue weighted by molar-refractivity contribution is 5.99. The quantitative estimate of drug-likeness (QED) is 0.690. The highest BCUT2D eigenvalue weighted by Gasteiger charge is 2.63. The van der Waals surface area contributed by atoms with Gasteiger partial charge in [0, 0.05) is 5.69 Å². The average molecular weight is 311 g/mol. The minimum Gasteiger partial charge on any atom is -0.465 e. The molecular formula is C12H10F5NO3. The molecule has 0 heterocycles. The molecule has 9 heteroatoms. The third-order valence-corrected chi connectivity index (χ3v) is 2.63. The molecule has 4 nitrogen and oxygen atoms in total. The van der Waals surface area contributed by atoms with E-state index in [9.17, 15) is 31.5 Å². The van der Waals surface area contributed by atoms with Crippen molar-refractivity contribution >= 4 is 17.6 Å². The van der Waals surface area contributed by atoms with Gasteiger partial charge in [-0.25, -0.2) is 4.79 Å². The lowest BCUT2D eigenvalue weighted by molar-refractivity contribution is -0.267. The number of alkyl halides is 5. The molecule has 0 saturated heterocycles. The first-order valence-corrected chi connectivity index (χ1v) is 5.46. The van der Waals surface area contributed by atoms with Crippen LogP contribution in [0.2, 0.25) is 0 Å². The normalized spacial score (nSPS) is 12.0. The Labute approximate surface area is 115 Å². The summed E-state index contributed by atoms with van der Waals surface area (Å²) in [4.78, 5) is 22.5. The number of benzene rings is 1. The number of carbonyl (C=O) groups excluding carboxylic acids is 2. The standard InChI is InChI=1S/C12H10F5NO3/c1-6-7(9(19)21-2)4-3-5-8(6)18-10(20)11(13,14)12(15,16)17/h3-5H,1-2H3,(H,18,20). The molecule has 0 bridgehead atoms. The van der Waals surface area contributed by atoms with Crippen LogP contribution in [0.1, 0.15) is 15.9 Å². The SMILES string of the molecule is COC(=O)c1cccc(NC(=O)C(F)(F)C(F)(F)F)c1C. The first-order valence-electron chi connectivity index (χ1n) is 5.46. The van der Waals surface area contributed by atoms with E-state index in [1.54, 1.807) is 0 Å². The van der Waals surface area contributed by atoms with Crippen molar-refractivity contribution in [1.82, 2.24) is 0 Å². The molecule has 1 aromatic rings. The highest BCUT2D eigenvalue weighted by Crippen LogP contribution is 2.36. The van der Waals surface area contributed by atoms with Crippen molar-refractivity contribution in [2.75, 3.05) is 12.4 Å². The molecule has 0 spiro atoms. The van der Waals surface area contributed by atoms with Crippen molar-refractivity contribution in [2.24, 2.45) is 0 Å². The Kier molecular flexibility index (Phi) is 4.55. The number of methoxy groups -OCH3 is 1. The molecule has 0 radical (unpaired) electrons. The number of halogens is 5. The summed E-state index contributed by atoms with van der Waals surface area (Å²) in [6.45, 7) is 1.27. The lowest BCUT2D eigenvalue weighted by Crippen LogP contribution is -2.47. The molecular weight excluding hydrogens is 301 g/mol. The molecule has 0 fully saturated rings. The molecule has 0 aliphatic carbocycles. The maximum absolute atomic E-state index is 12.8. The van der Waals surface area contributed by atoms with E-state index < -0.39 is 24.0 Å². The predicted molar refractivity (Wildman–Crippen MR) is 62.2 cm³/mol. The first-order chi connectivity index (χ1) is 9.52. The van der Waals surface area contributed by atoms with Gasteiger partial charge < -0.3 is 10.1 Å². The topological polar surface area (TPSA) is 55.4 Å². The summed E-state index contributed by atoms with van der Waals surface area (Å²) in [5.41, 5.74) is -0.395. The van der Waals surface area contributed by atoms with E-state index in [1.165, 1.54) is 24.4 Å². The van der Waals surface area contributed by atoms with Gasteiger partial charge in [-0.1, -0.05) is 6.07 Å². The van der Waals surface area contributed by atoms with Crippen LogP contribution < -0.4 is 5.32 Å². The molecule has 0 unspecified atom stereocenters. The summed E-state index contributed by atoms with van der Waals surface area (Å²) < 4.78 is 66.3. The number of anilines is 1. The van der Waals surface area contributed by atoms with Gasteiger partial charge in [0.05, 0.1) is 12.7 Å². The monoisotopic (exact) mass is 311 g/mol. The number of nitrogens with one attached hydrogen (secondary N) is 1. The van der Waals surface area contributed by atoms with Crippen molar-refractivity contribution in [3.05, 3.63) is 29.3 Å². The second kappa shape index (κ2) is 5.66. The molecule has 0 atom stereocenters. The van der Waals surface area contributed by atoms with Gasteiger partial charge in [0.2, 0.25) is 0 Å². The Bertz CT molecular complexity index is 569. The number of hydrogen-bond donors (Lipinski definition) is 1. The lowest BCUT2D eigenvalue weighted by Gasteiger charge is -2.19. The summed E-state index contributed by atoms with van der Waals surface area (Å²) in [7, 11) is 1.07. The first kappa shape index (κ1) is 16.9. The van der Waals surface area contributed by atoms with E-state index >= 15 is 0 Å². The molecule has 0 saturated carbocycles. The Balaban J connectivity index is 3.10. The van der Waals surface area contributed by atoms with E-state index in [-0.39, 0.29) is 16.8 Å². The van der Waals surface area contributed by atoms with Gasteiger partial charge in [0.25, 0.3) is 0 Å². The number of carbonyl (C=O) groups is 2. The molecule has 1 aromatic carbocycles. The van der Waals surface area contributed by atoms with Gasteiger partial charge in [0.15, 0.2) is 0 Å². The summed E-state index contributed by atoms with van der Waals surface area (Å²) >= 11 is 0. The minimum atomic E-state index is -6.01. The van der Waals surface area contributed by atoms with Crippen LogP contribution in [0.5, 0.6) is 0 Å². The van der Waals surface area contributed by atoms with Crippen LogP contribution >= 0.6 is 0 Å². The molecule has 21 heavy (non-hydrogen) atoms. The fraction of sp³-hybridized carbons (Fsp3) is 0.333. The van der Waals surface area contributed by atoms with Crippen LogP contribution in [0.3, 0.4) is 0 Å². The number of esters is 1. The van der Waals surface area contributed by atoms with E-state index in [2.05, 4.69) is 4.74 Å². The lowest BCUT2D eigenvalue weighted by atomic mass is 10.1. The second-order valence-corrected chi connectivity index (χ2v) is 4.00. The van der Waals surface area contributed by atoms with Gasteiger partial charge in [-0.05, 0) is 24.6 Å². The maximum Gasteiger partial charge on any atom is 0.463 e. The molecule has 116 valence electrons. The maximum atomic E-state index is 12.8. The van der Waals surface area contributed by atoms with E-state index in [1.807, 2.05) is 0 Å². The molecule has 0 aromatic heterocycles. The van der Waals surface area contributed by atoms with Crippen molar-refractivity contribution in [1.29, 1.82) is 0 Å². The minimum absolute atomic E-state index is 0.00988. The number of rotatable bonds is 3. The molecule has 1 rings (SSSR count). The summed E-state index contributed by atoms with van der Waals surface area (Å²) in [5, 5.41) is 1.46. The third-order valence-electron chi connectivity index (χ3n) is 2.63. The number of amides is 1. The van der Waals surface area contributed by atoms with Gasteiger partial charge in [-0.3, -0.25) is 4.79 Å². The van der Waals surface area contributed by atoms with E-state index in [4.69, 9.17) is 0 Å². The van der Waals surface area contributed by atoms with Crippen LogP contribution in [0.15, 0.2) is 18.2 Å². The zero-order valence-electron chi connectivity index (χ0n) is 10.8. The third kappa shape index (κ3) is 3.29. The van der Waals surface area contributed by atoms with Gasteiger partial charge in [-0.2, -0.15) is 22.0 Å². The number of ether oxygens (including phenoxy) is 1. The fourth-order valence-corrected chi connectivity index (χ4v) is 1.43. The van der Waals surface area contributed by atoms with Crippen LogP contribution in [0, 0.1) is 6.92 Å². The second-order valence-electron chi connectivity index (χ2n) is 4.00. The van der Waals surface area contributed by atoms with Crippen LogP contribution in [0.25, 0.3) is 0 Å². The number of hydrogen-bond acceptors (Lipinski definition) is 3. The Hall–Kier alpha value is -2.19. The Morgan fingerprint density at radius 3 is 2.19 bits per heavy atom. The van der Waals surface area contributed by atoms with Crippen LogP contribution in [0.4, 0.5) is 27.6 Å². The van der Waals surface area contributed by atoms with Crippen molar-refractivity contribution in [3.8, 4) is 0 Å². The Morgan fingerprint density at radius 2 is 1.71 bits per heavy atom. The van der Waals surface area contributed by atoms with E-state index in [0.29, 0.717) is 0 Å². The van der Waals surface area contributed by atoms with Crippen molar-refractivity contribution in [2.45, 2.75) is 19.0 Å². The van der Waals surface area contributed by atoms with Crippen LogP contribution in [-0.2, 0) is 9.53 Å². The molecule has 1 amide bonds. The van der Waals surface area contributed by atoms with Crippen molar-refractivity contribution < 1.29 is 36.3 Å². The summed E-state index contributed by atoms with van der Waals surface area (Å²) in [6.07, 6.45) is -6.01. The summed E-state index contributed by atoms with van der Waals surface area (Å²) in [5.74, 6) is -8.88. The molecule has 1 N–H and O–H groups in total. The molecule has 0 aliphatic rings. The molecule has 0 aliphatic heterocycles. The average Bonchev–Trinajstić information content (AvgIpc) is 2.38. The largest absolute Gasteiger partial charge is 0.465 e. The summed E-state index contributed by atoms with van der Waals surface area (Å²) in [6, 6.07) is 3.57. The Morgan fingerprint density at radius 1 is 1.14 bits per heavy atom. The smallest absolute Gasteiger partial charge is 0.463 e. The van der Waals surface area contributed by atoms with Crippen molar-refractivity contribution in [3.63, 3.8) is 0 Å². The zero-order valence-corrected chi connectivity index (χ0v) is 10.8. The van der Waals surface area contributed by atoms with Gasteiger partial charge in [-0.15, -0.1) is 0 Å². The zero-order chi connectivity index (χ0) is 16.4. The van der Waals surface area contributed by atoms with Gasteiger partial charge >= 0.3 is 24.0 Å². The fourth-order valence-electron chi connectivity index (χ4n) is 1.43. The van der Waals surface area contributed by atoms with E-state index in [0.717, 1.165) is 13.2 Å². The van der Waals surface area contributed by atoms with Gasteiger partial charge in [0.1, 0.15) is 0 Å². The highest BCUT2D eigenvalue weighted by atomic mass is 19.4. The van der Waals surface area contributed by atoms with Crippen LogP contribution in [-0.4, -0.2) is 31.1 Å². The predicted octanol–water partition coefficient (Wildman–Crippen LogP) is 2.92.